The molecule has 2 heterocycles. The van der Waals surface area contributed by atoms with Crippen LogP contribution < -0.4 is 15.4 Å². The quantitative estimate of drug-likeness (QED) is 0.194. The van der Waals surface area contributed by atoms with E-state index in [0.29, 0.717) is 45.9 Å². The number of hydrogen-bond acceptors (Lipinski definition) is 9. The Hall–Kier alpha value is -4.45. The largest absolute Gasteiger partial charge is 0.451 e. The molecule has 1 aromatic heterocycles. The van der Waals surface area contributed by atoms with Crippen LogP contribution in [0.5, 0.6) is 5.75 Å². The standard InChI is InChI=1S/C30H38N4O8/c1-8-34(9-2)13-12-31-28(37)26-16(3)25(32-17(26)4)15-23-22-14-21(10-11-24(22)33-27(23)36)42-30(39)19(6)41-29(38)18(5)40-20(7)35/h10-11,14-15,18-19,32H,8-9,12-13H2,1-7H3,(H,31,37)(H,33,36)/b23-15-. The highest BCUT2D eigenvalue weighted by atomic mass is 16.6. The molecule has 2 unspecified atom stereocenters. The molecule has 2 aromatic rings. The van der Waals surface area contributed by atoms with E-state index < -0.39 is 30.1 Å². The molecule has 1 aliphatic heterocycles. The molecule has 42 heavy (non-hydrogen) atoms. The van der Waals surface area contributed by atoms with E-state index in [4.69, 9.17) is 14.2 Å². The molecule has 0 saturated carbocycles. The van der Waals surface area contributed by atoms with Gasteiger partial charge in [-0.05, 0) is 70.6 Å². The number of hydrogen-bond donors (Lipinski definition) is 3. The van der Waals surface area contributed by atoms with Crippen LogP contribution in [0.1, 0.15) is 67.5 Å². The smallest absolute Gasteiger partial charge is 0.352 e. The van der Waals surface area contributed by atoms with Gasteiger partial charge in [0.1, 0.15) is 5.75 Å². The summed E-state index contributed by atoms with van der Waals surface area (Å²) >= 11 is 0. The molecule has 2 amide bonds. The SMILES string of the molecule is CCN(CC)CCNC(=O)c1c(C)[nH]c(/C=C2\C(=O)Nc3ccc(OC(=O)C(C)OC(=O)C(C)OC(C)=O)cc32)c1C. The second-order valence-corrected chi connectivity index (χ2v) is 9.92. The first-order valence-electron chi connectivity index (χ1n) is 13.8. The number of nitrogens with zero attached hydrogens (tertiary/aromatic N) is 1. The summed E-state index contributed by atoms with van der Waals surface area (Å²) in [6, 6.07) is 4.62. The molecule has 0 spiro atoms. The van der Waals surface area contributed by atoms with E-state index in [1.807, 2.05) is 6.92 Å². The molecular weight excluding hydrogens is 544 g/mol. The number of carbonyl (C=O) groups is 5. The van der Waals surface area contributed by atoms with Crippen LogP contribution in [0.4, 0.5) is 5.69 Å². The molecular formula is C30H38N4O8. The van der Waals surface area contributed by atoms with Crippen molar-refractivity contribution >= 4 is 47.1 Å². The maximum Gasteiger partial charge on any atom is 0.352 e. The number of anilines is 1. The van der Waals surface area contributed by atoms with Crippen molar-refractivity contribution in [3.05, 3.63) is 46.3 Å². The molecule has 3 rings (SSSR count). The van der Waals surface area contributed by atoms with Crippen molar-refractivity contribution in [3.8, 4) is 5.75 Å². The zero-order valence-corrected chi connectivity index (χ0v) is 25.0. The number of likely N-dealkylation sites (N-methyl/N-ethyl adjacent to an activating group) is 1. The number of carbonyl (C=O) groups excluding carboxylic acids is 5. The molecule has 12 nitrogen and oxygen atoms in total. The predicted molar refractivity (Wildman–Crippen MR) is 156 cm³/mol. The summed E-state index contributed by atoms with van der Waals surface area (Å²) < 4.78 is 15.2. The van der Waals surface area contributed by atoms with E-state index in [2.05, 4.69) is 34.4 Å². The Balaban J connectivity index is 1.76. The summed E-state index contributed by atoms with van der Waals surface area (Å²) in [5.74, 6) is -2.82. The zero-order valence-electron chi connectivity index (χ0n) is 25.0. The van der Waals surface area contributed by atoms with E-state index in [1.54, 1.807) is 19.1 Å². The molecule has 0 saturated heterocycles. The van der Waals surface area contributed by atoms with Gasteiger partial charge >= 0.3 is 17.9 Å². The lowest BCUT2D eigenvalue weighted by molar-refractivity contribution is -0.173. The Kier molecular flexibility index (Phi) is 10.6. The highest BCUT2D eigenvalue weighted by Crippen LogP contribution is 2.36. The van der Waals surface area contributed by atoms with Crippen molar-refractivity contribution in [2.45, 2.75) is 60.7 Å². The second kappa shape index (κ2) is 13.9. The molecule has 12 heteroatoms. The second-order valence-electron chi connectivity index (χ2n) is 9.92. The number of nitrogens with one attached hydrogen (secondary N) is 3. The van der Waals surface area contributed by atoms with E-state index in [0.717, 1.165) is 26.6 Å². The molecule has 0 bridgehead atoms. The van der Waals surface area contributed by atoms with Gasteiger partial charge in [0.05, 0.1) is 11.1 Å². The molecule has 2 atom stereocenters. The fraction of sp³-hybridized carbons (Fsp3) is 0.433. The Bertz CT molecular complexity index is 1410. The highest BCUT2D eigenvalue weighted by Gasteiger charge is 2.28. The van der Waals surface area contributed by atoms with Gasteiger partial charge in [0.25, 0.3) is 11.8 Å². The van der Waals surface area contributed by atoms with Crippen LogP contribution in [-0.2, 0) is 28.7 Å². The van der Waals surface area contributed by atoms with Crippen LogP contribution in [-0.4, -0.2) is 78.0 Å². The van der Waals surface area contributed by atoms with Crippen LogP contribution in [0.15, 0.2) is 18.2 Å². The Morgan fingerprint density at radius 1 is 1.02 bits per heavy atom. The van der Waals surface area contributed by atoms with Gasteiger partial charge in [-0.2, -0.15) is 0 Å². The minimum atomic E-state index is -1.28. The summed E-state index contributed by atoms with van der Waals surface area (Å²) in [7, 11) is 0. The van der Waals surface area contributed by atoms with Gasteiger partial charge in [0, 0.05) is 42.7 Å². The maximum atomic E-state index is 13.0. The number of rotatable bonds is 12. The number of ether oxygens (including phenoxy) is 3. The summed E-state index contributed by atoms with van der Waals surface area (Å²) in [6.45, 7) is 14.6. The number of H-pyrrole nitrogens is 1. The Morgan fingerprint density at radius 2 is 1.69 bits per heavy atom. The van der Waals surface area contributed by atoms with E-state index >= 15 is 0 Å². The van der Waals surface area contributed by atoms with Crippen molar-refractivity contribution in [2.75, 3.05) is 31.5 Å². The number of aromatic amines is 1. The third-order valence-electron chi connectivity index (χ3n) is 6.89. The molecule has 3 N–H and O–H groups in total. The van der Waals surface area contributed by atoms with Crippen molar-refractivity contribution in [2.24, 2.45) is 0 Å². The lowest BCUT2D eigenvalue weighted by Gasteiger charge is -2.18. The molecule has 226 valence electrons. The lowest BCUT2D eigenvalue weighted by atomic mass is 10.0. The summed E-state index contributed by atoms with van der Waals surface area (Å²) in [6.07, 6.45) is -0.802. The van der Waals surface area contributed by atoms with E-state index in [1.165, 1.54) is 26.0 Å². The van der Waals surface area contributed by atoms with Gasteiger partial charge in [0.2, 0.25) is 0 Å². The minimum absolute atomic E-state index is 0.129. The topological polar surface area (TPSA) is 156 Å². The van der Waals surface area contributed by atoms with E-state index in [9.17, 15) is 24.0 Å². The minimum Gasteiger partial charge on any atom is -0.451 e. The molecule has 1 aromatic carbocycles. The third kappa shape index (κ3) is 7.64. The first-order valence-corrected chi connectivity index (χ1v) is 13.8. The van der Waals surface area contributed by atoms with Gasteiger partial charge in [-0.3, -0.25) is 14.4 Å². The maximum absolute atomic E-state index is 13.0. The van der Waals surface area contributed by atoms with Gasteiger partial charge in [-0.1, -0.05) is 13.8 Å². The van der Waals surface area contributed by atoms with Gasteiger partial charge in [-0.15, -0.1) is 0 Å². The van der Waals surface area contributed by atoms with Crippen molar-refractivity contribution in [1.82, 2.24) is 15.2 Å². The highest BCUT2D eigenvalue weighted by molar-refractivity contribution is 6.35. The molecule has 0 fully saturated rings. The van der Waals surface area contributed by atoms with Crippen molar-refractivity contribution < 1.29 is 38.2 Å². The number of aromatic nitrogens is 1. The monoisotopic (exact) mass is 582 g/mol. The van der Waals surface area contributed by atoms with Crippen LogP contribution in [0, 0.1) is 13.8 Å². The number of amides is 2. The van der Waals surface area contributed by atoms with E-state index in [-0.39, 0.29) is 17.6 Å². The first kappa shape index (κ1) is 32.1. The fourth-order valence-corrected chi connectivity index (χ4v) is 4.55. The van der Waals surface area contributed by atoms with Gasteiger partial charge in [-0.25, -0.2) is 9.59 Å². The van der Waals surface area contributed by atoms with Crippen LogP contribution in [0.2, 0.25) is 0 Å². The first-order chi connectivity index (χ1) is 19.9. The Labute approximate surface area is 244 Å². The van der Waals surface area contributed by atoms with Crippen LogP contribution in [0.25, 0.3) is 11.6 Å². The van der Waals surface area contributed by atoms with Crippen LogP contribution in [0.3, 0.4) is 0 Å². The zero-order chi connectivity index (χ0) is 31.1. The van der Waals surface area contributed by atoms with Crippen LogP contribution >= 0.6 is 0 Å². The Morgan fingerprint density at radius 3 is 2.33 bits per heavy atom. The lowest BCUT2D eigenvalue weighted by Crippen LogP contribution is -2.35. The molecule has 0 aliphatic carbocycles. The van der Waals surface area contributed by atoms with Gasteiger partial charge < -0.3 is 34.7 Å². The van der Waals surface area contributed by atoms with Crippen molar-refractivity contribution in [3.63, 3.8) is 0 Å². The van der Waals surface area contributed by atoms with Gasteiger partial charge in [0.15, 0.2) is 12.2 Å². The number of fused-ring (bicyclic) bond motifs is 1. The normalized spacial score (nSPS) is 14.7. The fourth-order valence-electron chi connectivity index (χ4n) is 4.55. The summed E-state index contributed by atoms with van der Waals surface area (Å²) in [5.41, 5.74) is 3.83. The predicted octanol–water partition coefficient (Wildman–Crippen LogP) is 2.98. The summed E-state index contributed by atoms with van der Waals surface area (Å²) in [4.78, 5) is 66.9. The number of esters is 3. The molecule has 1 aliphatic rings. The molecule has 0 radical (unpaired) electrons. The van der Waals surface area contributed by atoms with Crippen molar-refractivity contribution in [1.29, 1.82) is 0 Å². The average molecular weight is 583 g/mol. The number of aryl methyl sites for hydroxylation is 1. The number of benzene rings is 1. The average Bonchev–Trinajstić information content (AvgIpc) is 3.39. The summed E-state index contributed by atoms with van der Waals surface area (Å²) in [5, 5.41) is 5.75. The third-order valence-corrected chi connectivity index (χ3v) is 6.89.